The third kappa shape index (κ3) is 5.80. The number of carbonyl (C=O) groups excluding carboxylic acids is 1. The van der Waals surface area contributed by atoms with E-state index in [-0.39, 0.29) is 5.91 Å². The number of benzene rings is 3. The third-order valence-corrected chi connectivity index (χ3v) is 7.12. The molecule has 1 aliphatic heterocycles. The van der Waals surface area contributed by atoms with E-state index in [1.807, 2.05) is 78.9 Å². The normalized spacial score (nSPS) is 15.7. The zero-order valence-electron chi connectivity index (χ0n) is 19.6. The smallest absolute Gasteiger partial charge is 0.267 e. The number of rotatable bonds is 7. The average Bonchev–Trinajstić information content (AvgIpc) is 3.49. The Morgan fingerprint density at radius 2 is 1.89 bits per heavy atom. The summed E-state index contributed by atoms with van der Waals surface area (Å²) in [5, 5.41) is 0.617. The molecule has 2 heterocycles. The number of amidine groups is 1. The van der Waals surface area contributed by atoms with Crippen molar-refractivity contribution in [1.82, 2.24) is 4.90 Å². The Morgan fingerprint density at radius 3 is 2.64 bits per heavy atom. The van der Waals surface area contributed by atoms with Crippen molar-refractivity contribution in [1.29, 1.82) is 0 Å². The van der Waals surface area contributed by atoms with Crippen molar-refractivity contribution in [2.45, 2.75) is 20.1 Å². The van der Waals surface area contributed by atoms with Crippen molar-refractivity contribution < 1.29 is 13.9 Å². The van der Waals surface area contributed by atoms with Crippen LogP contribution < -0.4 is 4.74 Å². The van der Waals surface area contributed by atoms with Gasteiger partial charge in [0.15, 0.2) is 5.17 Å². The summed E-state index contributed by atoms with van der Waals surface area (Å²) in [4.78, 5) is 20.3. The molecule has 0 radical (unpaired) electrons. The molecule has 1 saturated heterocycles. The first-order valence-electron chi connectivity index (χ1n) is 11.4. The van der Waals surface area contributed by atoms with Gasteiger partial charge in [0.2, 0.25) is 0 Å². The van der Waals surface area contributed by atoms with Gasteiger partial charge in [0, 0.05) is 0 Å². The summed E-state index contributed by atoms with van der Waals surface area (Å²) >= 11 is 4.97. The number of nitrogens with zero attached hydrogens (tertiary/aromatic N) is 2. The number of hydrogen-bond donors (Lipinski definition) is 0. The van der Waals surface area contributed by atoms with Crippen LogP contribution in [0.1, 0.15) is 22.5 Å². The van der Waals surface area contributed by atoms with Crippen LogP contribution in [0.15, 0.2) is 110 Å². The second-order valence-corrected chi connectivity index (χ2v) is 10.1. The van der Waals surface area contributed by atoms with Gasteiger partial charge in [0.25, 0.3) is 5.91 Å². The number of aryl methyl sites for hydroxylation is 1. The Bertz CT molecular complexity index is 1430. The van der Waals surface area contributed by atoms with Crippen LogP contribution >= 0.6 is 27.7 Å². The van der Waals surface area contributed by atoms with E-state index in [2.05, 4.69) is 35.0 Å². The molecular formula is C29H23BrN2O3S. The largest absolute Gasteiger partial charge is 0.488 e. The van der Waals surface area contributed by atoms with E-state index < -0.39 is 0 Å². The van der Waals surface area contributed by atoms with Crippen molar-refractivity contribution in [3.8, 4) is 5.75 Å². The van der Waals surface area contributed by atoms with Crippen molar-refractivity contribution >= 4 is 50.5 Å². The van der Waals surface area contributed by atoms with Gasteiger partial charge in [-0.25, -0.2) is 4.99 Å². The highest BCUT2D eigenvalue weighted by Crippen LogP contribution is 2.36. The fourth-order valence-corrected chi connectivity index (χ4v) is 5.25. The molecule has 7 heteroatoms. The molecule has 1 aliphatic rings. The van der Waals surface area contributed by atoms with E-state index in [0.717, 1.165) is 27.0 Å². The fourth-order valence-electron chi connectivity index (χ4n) is 3.74. The molecule has 0 N–H and O–H groups in total. The van der Waals surface area contributed by atoms with Gasteiger partial charge in [0.05, 0.1) is 27.9 Å². The van der Waals surface area contributed by atoms with Crippen LogP contribution in [0.4, 0.5) is 5.69 Å². The van der Waals surface area contributed by atoms with E-state index in [1.165, 1.54) is 17.3 Å². The minimum Gasteiger partial charge on any atom is -0.488 e. The molecule has 1 amide bonds. The van der Waals surface area contributed by atoms with E-state index in [9.17, 15) is 4.79 Å². The van der Waals surface area contributed by atoms with Crippen LogP contribution in [0, 0.1) is 6.92 Å². The maximum Gasteiger partial charge on any atom is 0.267 e. The number of amides is 1. The van der Waals surface area contributed by atoms with Gasteiger partial charge in [-0.2, -0.15) is 0 Å². The second kappa shape index (κ2) is 11.0. The Morgan fingerprint density at radius 1 is 1.03 bits per heavy atom. The molecular weight excluding hydrogens is 536 g/mol. The molecule has 0 bridgehead atoms. The number of carbonyl (C=O) groups is 1. The fraction of sp³-hybridized carbons (Fsp3) is 0.103. The second-order valence-electron chi connectivity index (χ2n) is 8.28. The third-order valence-electron chi connectivity index (χ3n) is 5.49. The molecule has 1 aromatic heterocycles. The molecule has 5 nitrogen and oxygen atoms in total. The summed E-state index contributed by atoms with van der Waals surface area (Å²) in [6.07, 6.45) is 3.48. The Hall–Kier alpha value is -3.55. The number of halogens is 1. The number of aliphatic imine (C=N–C) groups is 1. The van der Waals surface area contributed by atoms with Crippen LogP contribution in [0.25, 0.3) is 6.08 Å². The molecule has 0 aliphatic carbocycles. The Kier molecular flexibility index (Phi) is 7.39. The summed E-state index contributed by atoms with van der Waals surface area (Å²) in [5.74, 6) is 1.33. The maximum atomic E-state index is 13.4. The van der Waals surface area contributed by atoms with Gasteiger partial charge in [-0.1, -0.05) is 54.1 Å². The van der Waals surface area contributed by atoms with Crippen LogP contribution in [-0.2, 0) is 17.9 Å². The lowest BCUT2D eigenvalue weighted by atomic mass is 10.1. The number of furan rings is 1. The highest BCUT2D eigenvalue weighted by Gasteiger charge is 2.34. The van der Waals surface area contributed by atoms with Crippen LogP contribution in [0.5, 0.6) is 5.75 Å². The lowest BCUT2D eigenvalue weighted by Gasteiger charge is -2.13. The van der Waals surface area contributed by atoms with Gasteiger partial charge in [-0.3, -0.25) is 9.69 Å². The number of ether oxygens (including phenoxy) is 1. The minimum absolute atomic E-state index is 0.109. The Balaban J connectivity index is 1.37. The molecule has 0 unspecified atom stereocenters. The predicted molar refractivity (Wildman–Crippen MR) is 148 cm³/mol. The molecule has 3 aromatic carbocycles. The molecule has 0 atom stereocenters. The summed E-state index contributed by atoms with van der Waals surface area (Å²) in [7, 11) is 0. The van der Waals surface area contributed by atoms with E-state index in [1.54, 1.807) is 11.2 Å². The quantitative estimate of drug-likeness (QED) is 0.218. The summed E-state index contributed by atoms with van der Waals surface area (Å²) in [6.45, 7) is 2.86. The average molecular weight is 559 g/mol. The first-order chi connectivity index (χ1) is 17.5. The molecule has 5 rings (SSSR count). The van der Waals surface area contributed by atoms with Gasteiger partial charge in [-0.15, -0.1) is 0 Å². The maximum absolute atomic E-state index is 13.4. The molecule has 0 saturated carbocycles. The predicted octanol–water partition coefficient (Wildman–Crippen LogP) is 7.73. The van der Waals surface area contributed by atoms with Crippen molar-refractivity contribution in [2.75, 3.05) is 0 Å². The van der Waals surface area contributed by atoms with Crippen molar-refractivity contribution in [3.05, 3.63) is 123 Å². The lowest BCUT2D eigenvalue weighted by molar-refractivity contribution is -0.122. The topological polar surface area (TPSA) is 55.0 Å². The van der Waals surface area contributed by atoms with E-state index in [0.29, 0.717) is 29.0 Å². The highest BCUT2D eigenvalue weighted by molar-refractivity contribution is 9.10. The van der Waals surface area contributed by atoms with Crippen LogP contribution in [0.2, 0.25) is 0 Å². The summed E-state index contributed by atoms with van der Waals surface area (Å²) in [6, 6.07) is 27.3. The minimum atomic E-state index is -0.109. The number of thioether (sulfide) groups is 1. The standard InChI is InChI=1S/C29H23BrN2O3S/c1-20-7-5-8-22(15-20)19-35-26-13-12-21(16-25(26)30)17-27-28(33)32(18-24-11-6-14-34-24)29(36-27)31-23-9-3-2-4-10-23/h2-17H,18-19H2,1H3/b27-17-,31-29?. The molecule has 1 fully saturated rings. The summed E-state index contributed by atoms with van der Waals surface area (Å²) in [5.41, 5.74) is 3.99. The van der Waals surface area contributed by atoms with E-state index >= 15 is 0 Å². The Labute approximate surface area is 222 Å². The molecule has 36 heavy (non-hydrogen) atoms. The zero-order chi connectivity index (χ0) is 24.9. The van der Waals surface area contributed by atoms with Gasteiger partial charge in [-0.05, 0) is 88.2 Å². The lowest BCUT2D eigenvalue weighted by Crippen LogP contribution is -2.28. The SMILES string of the molecule is Cc1cccc(COc2ccc(/C=C3\SC(=Nc4ccccc4)N(Cc4ccco4)C3=O)cc2Br)c1. The summed E-state index contributed by atoms with van der Waals surface area (Å²) < 4.78 is 12.3. The number of para-hydroxylation sites is 1. The van der Waals surface area contributed by atoms with Crippen molar-refractivity contribution in [3.63, 3.8) is 0 Å². The van der Waals surface area contributed by atoms with Crippen LogP contribution in [0.3, 0.4) is 0 Å². The van der Waals surface area contributed by atoms with Crippen LogP contribution in [-0.4, -0.2) is 16.0 Å². The molecule has 180 valence electrons. The first kappa shape index (κ1) is 24.2. The zero-order valence-corrected chi connectivity index (χ0v) is 22.0. The number of hydrogen-bond acceptors (Lipinski definition) is 5. The van der Waals surface area contributed by atoms with Gasteiger partial charge >= 0.3 is 0 Å². The van der Waals surface area contributed by atoms with E-state index in [4.69, 9.17) is 14.1 Å². The van der Waals surface area contributed by atoms with Gasteiger partial charge < -0.3 is 9.15 Å². The van der Waals surface area contributed by atoms with Crippen molar-refractivity contribution in [2.24, 2.45) is 4.99 Å². The first-order valence-corrected chi connectivity index (χ1v) is 13.0. The monoisotopic (exact) mass is 558 g/mol. The molecule has 0 spiro atoms. The highest BCUT2D eigenvalue weighted by atomic mass is 79.9. The van der Waals surface area contributed by atoms with Gasteiger partial charge in [0.1, 0.15) is 18.1 Å². The molecule has 4 aromatic rings.